The van der Waals surface area contributed by atoms with Crippen LogP contribution in [0.5, 0.6) is 0 Å². The molecule has 0 saturated heterocycles. The van der Waals surface area contributed by atoms with E-state index in [-0.39, 0.29) is 10.8 Å². The Bertz CT molecular complexity index is 203. The maximum atomic E-state index is 11.9. The second-order valence-electron chi connectivity index (χ2n) is 4.88. The molecule has 0 aliphatic rings. The maximum Gasteiger partial charge on any atom is 0.136 e. The summed E-state index contributed by atoms with van der Waals surface area (Å²) in [7, 11) is 0. The monoisotopic (exact) mass is 246 g/mol. The lowest BCUT2D eigenvalue weighted by Gasteiger charge is -2.32. The van der Waals surface area contributed by atoms with E-state index in [0.29, 0.717) is 5.78 Å². The molecule has 96 valence electrons. The van der Waals surface area contributed by atoms with E-state index in [9.17, 15) is 4.79 Å². The third kappa shape index (κ3) is 4.86. The Kier molecular flexibility index (Phi) is 8.09. The molecule has 0 rings (SSSR count). The van der Waals surface area contributed by atoms with Gasteiger partial charge in [-0.15, -0.1) is 11.6 Å². The molecule has 2 unspecified atom stereocenters. The van der Waals surface area contributed by atoms with E-state index < -0.39 is 0 Å². The van der Waals surface area contributed by atoms with Crippen LogP contribution in [0.15, 0.2) is 0 Å². The molecule has 0 fully saturated rings. The van der Waals surface area contributed by atoms with Gasteiger partial charge in [-0.2, -0.15) is 0 Å². The fourth-order valence-corrected chi connectivity index (χ4v) is 2.86. The van der Waals surface area contributed by atoms with Gasteiger partial charge in [0.05, 0.1) is 0 Å². The molecule has 1 nitrogen and oxygen atoms in total. The van der Waals surface area contributed by atoms with E-state index in [0.717, 1.165) is 44.9 Å². The van der Waals surface area contributed by atoms with Gasteiger partial charge in [-0.1, -0.05) is 40.0 Å². The lowest BCUT2D eigenvalue weighted by Crippen LogP contribution is -2.31. The average Bonchev–Trinajstić information content (AvgIpc) is 2.24. The van der Waals surface area contributed by atoms with Crippen molar-refractivity contribution in [3.63, 3.8) is 0 Å². The Morgan fingerprint density at radius 3 is 2.25 bits per heavy atom. The zero-order chi connectivity index (χ0) is 12.6. The van der Waals surface area contributed by atoms with Crippen LogP contribution in [0, 0.1) is 5.41 Å². The number of hydrogen-bond donors (Lipinski definition) is 0. The molecule has 0 aromatic heterocycles. The molecule has 0 spiro atoms. The lowest BCUT2D eigenvalue weighted by molar-refractivity contribution is -0.127. The van der Waals surface area contributed by atoms with Crippen molar-refractivity contribution in [2.45, 2.75) is 78.0 Å². The normalized spacial score (nSPS) is 16.8. The van der Waals surface area contributed by atoms with E-state index >= 15 is 0 Å². The molecule has 0 N–H and O–H groups in total. The first-order valence-electron chi connectivity index (χ1n) is 6.67. The Balaban J connectivity index is 4.55. The predicted molar refractivity (Wildman–Crippen MR) is 72.1 cm³/mol. The van der Waals surface area contributed by atoms with Gasteiger partial charge in [-0.3, -0.25) is 4.79 Å². The number of alkyl halides is 1. The summed E-state index contributed by atoms with van der Waals surface area (Å²) in [6.07, 6.45) is 7.17. The Morgan fingerprint density at radius 2 is 1.88 bits per heavy atom. The molecule has 0 aromatic rings. The summed E-state index contributed by atoms with van der Waals surface area (Å²) in [6, 6.07) is 0. The summed E-state index contributed by atoms with van der Waals surface area (Å²) in [6.45, 7) is 8.16. The highest BCUT2D eigenvalue weighted by Gasteiger charge is 2.34. The van der Waals surface area contributed by atoms with Crippen LogP contribution in [0.25, 0.3) is 0 Å². The third-order valence-electron chi connectivity index (χ3n) is 3.65. The lowest BCUT2D eigenvalue weighted by atomic mass is 9.73. The van der Waals surface area contributed by atoms with Crippen molar-refractivity contribution in [3.8, 4) is 0 Å². The number of halogens is 1. The Hall–Kier alpha value is -0.0400. The van der Waals surface area contributed by atoms with E-state index in [2.05, 4.69) is 20.8 Å². The first-order valence-corrected chi connectivity index (χ1v) is 7.11. The van der Waals surface area contributed by atoms with Crippen molar-refractivity contribution >= 4 is 17.4 Å². The number of carbonyl (C=O) groups is 1. The van der Waals surface area contributed by atoms with Crippen molar-refractivity contribution in [3.05, 3.63) is 0 Å². The van der Waals surface area contributed by atoms with Gasteiger partial charge in [-0.25, -0.2) is 0 Å². The summed E-state index contributed by atoms with van der Waals surface area (Å²) in [4.78, 5) is 11.9. The van der Waals surface area contributed by atoms with Crippen LogP contribution < -0.4 is 0 Å². The Labute approximate surface area is 106 Å². The molecular formula is C14H27ClO. The maximum absolute atomic E-state index is 11.9. The summed E-state index contributed by atoms with van der Waals surface area (Å²) < 4.78 is 0. The molecule has 0 heterocycles. The van der Waals surface area contributed by atoms with Crippen LogP contribution in [0.1, 0.15) is 72.6 Å². The van der Waals surface area contributed by atoms with Gasteiger partial charge in [0.15, 0.2) is 0 Å². The topological polar surface area (TPSA) is 17.1 Å². The first-order chi connectivity index (χ1) is 7.52. The summed E-state index contributed by atoms with van der Waals surface area (Å²) in [5.74, 6) is 0.324. The van der Waals surface area contributed by atoms with Gasteiger partial charge in [0.1, 0.15) is 5.78 Å². The molecule has 0 amide bonds. The quantitative estimate of drug-likeness (QED) is 0.526. The van der Waals surface area contributed by atoms with Crippen LogP contribution >= 0.6 is 11.6 Å². The molecule has 0 aromatic carbocycles. The minimum Gasteiger partial charge on any atom is -0.299 e. The van der Waals surface area contributed by atoms with Gasteiger partial charge >= 0.3 is 0 Å². The van der Waals surface area contributed by atoms with Crippen LogP contribution in [0.3, 0.4) is 0 Å². The molecule has 0 saturated carbocycles. The molecule has 2 heteroatoms. The molecular weight excluding hydrogens is 220 g/mol. The molecule has 0 bridgehead atoms. The first kappa shape index (κ1) is 16.0. The highest BCUT2D eigenvalue weighted by molar-refractivity contribution is 6.20. The van der Waals surface area contributed by atoms with Crippen LogP contribution in [0.2, 0.25) is 0 Å². The number of ketones is 1. The zero-order valence-electron chi connectivity index (χ0n) is 11.3. The van der Waals surface area contributed by atoms with Crippen molar-refractivity contribution in [1.82, 2.24) is 0 Å². The third-order valence-corrected chi connectivity index (χ3v) is 4.02. The van der Waals surface area contributed by atoms with E-state index in [1.165, 1.54) is 0 Å². The van der Waals surface area contributed by atoms with E-state index in [1.54, 1.807) is 6.92 Å². The highest BCUT2D eigenvalue weighted by Crippen LogP contribution is 2.37. The minimum absolute atomic E-state index is 0.155. The molecule has 16 heavy (non-hydrogen) atoms. The SMILES string of the molecule is CCCCC(CC)(CC(Cl)CCC)C(C)=O. The summed E-state index contributed by atoms with van der Waals surface area (Å²) in [5.41, 5.74) is -0.155. The fraction of sp³-hybridized carbons (Fsp3) is 0.929. The predicted octanol–water partition coefficient (Wildman–Crippen LogP) is 4.96. The molecule has 0 radical (unpaired) electrons. The zero-order valence-corrected chi connectivity index (χ0v) is 12.1. The van der Waals surface area contributed by atoms with E-state index in [1.807, 2.05) is 0 Å². The minimum atomic E-state index is -0.155. The van der Waals surface area contributed by atoms with Crippen molar-refractivity contribution in [2.24, 2.45) is 5.41 Å². The smallest absolute Gasteiger partial charge is 0.136 e. The summed E-state index contributed by atoms with van der Waals surface area (Å²) >= 11 is 6.31. The van der Waals surface area contributed by atoms with Crippen LogP contribution in [-0.4, -0.2) is 11.2 Å². The highest BCUT2D eigenvalue weighted by atomic mass is 35.5. The van der Waals surface area contributed by atoms with Crippen molar-refractivity contribution in [2.75, 3.05) is 0 Å². The van der Waals surface area contributed by atoms with Crippen LogP contribution in [-0.2, 0) is 4.79 Å². The average molecular weight is 247 g/mol. The van der Waals surface area contributed by atoms with Crippen molar-refractivity contribution < 1.29 is 4.79 Å². The van der Waals surface area contributed by atoms with Gasteiger partial charge in [-0.05, 0) is 32.6 Å². The van der Waals surface area contributed by atoms with Crippen LogP contribution in [0.4, 0.5) is 0 Å². The number of rotatable bonds is 9. The fourth-order valence-electron chi connectivity index (χ4n) is 2.35. The van der Waals surface area contributed by atoms with Crippen molar-refractivity contribution in [1.29, 1.82) is 0 Å². The number of hydrogen-bond acceptors (Lipinski definition) is 1. The Morgan fingerprint density at radius 1 is 1.25 bits per heavy atom. The van der Waals surface area contributed by atoms with Gasteiger partial charge in [0.2, 0.25) is 0 Å². The number of unbranched alkanes of at least 4 members (excludes halogenated alkanes) is 1. The molecule has 0 aliphatic heterocycles. The summed E-state index contributed by atoms with van der Waals surface area (Å²) in [5, 5.41) is 0.158. The molecule has 0 aliphatic carbocycles. The molecule has 2 atom stereocenters. The second kappa shape index (κ2) is 8.11. The van der Waals surface area contributed by atoms with E-state index in [4.69, 9.17) is 11.6 Å². The van der Waals surface area contributed by atoms with Gasteiger partial charge < -0.3 is 0 Å². The van der Waals surface area contributed by atoms with Gasteiger partial charge in [0.25, 0.3) is 0 Å². The van der Waals surface area contributed by atoms with Gasteiger partial charge in [0, 0.05) is 10.8 Å². The second-order valence-corrected chi connectivity index (χ2v) is 5.50. The number of carbonyl (C=O) groups excluding carboxylic acids is 1. The largest absolute Gasteiger partial charge is 0.299 e. The standard InChI is InChI=1S/C14H27ClO/c1-5-8-10-14(7-3,12(4)16)11-13(15)9-6-2/h13H,5-11H2,1-4H3. The number of Topliss-reactive ketones (excluding diaryl/α,β-unsaturated/α-hetero) is 1.